The molecule has 0 aliphatic rings. The van der Waals surface area contributed by atoms with E-state index in [1.54, 1.807) is 0 Å². The molecule has 30 rings (SSSR count). The predicted molar refractivity (Wildman–Crippen MR) is 616 cm³/mol. The molecule has 21 aromatic carbocycles. The van der Waals surface area contributed by atoms with Crippen molar-refractivity contribution in [1.29, 1.82) is 0 Å². The molecule has 0 saturated heterocycles. The molecular weight excluding hydrogens is 1820 g/mol. The van der Waals surface area contributed by atoms with E-state index < -0.39 is 0 Å². The van der Waals surface area contributed by atoms with Gasteiger partial charge in [-0.3, -0.25) is 0 Å². The van der Waals surface area contributed by atoms with Crippen LogP contribution in [0.5, 0.6) is 0 Å². The number of para-hydroxylation sites is 6. The van der Waals surface area contributed by atoms with Gasteiger partial charge in [0.25, 0.3) is 0 Å². The first-order valence-electron chi connectivity index (χ1n) is 47.8. The summed E-state index contributed by atoms with van der Waals surface area (Å²) in [6.07, 6.45) is 0. The fourth-order valence-corrected chi connectivity index (χ4v) is 29.6. The van der Waals surface area contributed by atoms with E-state index in [-0.39, 0.29) is 0 Å². The Morgan fingerprint density at radius 2 is 0.369 bits per heavy atom. The van der Waals surface area contributed by atoms with Crippen LogP contribution in [0, 0.1) is 0 Å². The standard InChI is InChI=1S/3C44H27NS2/c2*1-3-13-28(14-4-1)29-25-26-40-38(27-29)35-22-11-20-33(42(35)46-40)31-17-7-8-18-32(31)34-21-12-23-37-41-44(47-43(34)37)36-19-9-10-24-39(36)45(41)30-15-5-2-6-16-30;1-3-12-28(13-4-1)29-22-24-34-35-25-23-30(27-41(35)46-40(34)26-29)32-16-7-8-17-33(32)36-19-11-20-38-42-44(47-43(36)38)37-18-9-10-21-39(37)45(42)31-14-5-2-6-15-31/h3*1-27H. The lowest BCUT2D eigenvalue weighted by Crippen LogP contribution is -1.93. The molecule has 0 fully saturated rings. The average Bonchev–Trinajstić information content (AvgIpc) is 1.56. The Morgan fingerprint density at radius 1 is 0.121 bits per heavy atom. The normalized spacial score (nSPS) is 11.8. The van der Waals surface area contributed by atoms with E-state index in [9.17, 15) is 0 Å². The number of aromatic nitrogens is 3. The summed E-state index contributed by atoms with van der Waals surface area (Å²) >= 11 is 11.4. The third-order valence-electron chi connectivity index (χ3n) is 28.3. The van der Waals surface area contributed by atoms with Gasteiger partial charge in [0.2, 0.25) is 0 Å². The van der Waals surface area contributed by atoms with Crippen molar-refractivity contribution in [3.8, 4) is 117 Å². The number of fused-ring (bicyclic) bond motifs is 24. The van der Waals surface area contributed by atoms with Crippen LogP contribution >= 0.6 is 68.0 Å². The highest BCUT2D eigenvalue weighted by Crippen LogP contribution is 2.55. The van der Waals surface area contributed by atoms with Gasteiger partial charge in [0.1, 0.15) is 0 Å². The summed E-state index contributed by atoms with van der Waals surface area (Å²) < 4.78 is 23.3. The van der Waals surface area contributed by atoms with Crippen LogP contribution < -0.4 is 0 Å². The van der Waals surface area contributed by atoms with Crippen LogP contribution in [0.15, 0.2) is 491 Å². The Kier molecular flexibility index (Phi) is 20.1. The van der Waals surface area contributed by atoms with Gasteiger partial charge in [-0.25, -0.2) is 0 Å². The minimum absolute atomic E-state index is 1.19. The fraction of sp³-hybridized carbons (Fsp3) is 0. The molecule has 660 valence electrons. The first-order chi connectivity index (χ1) is 70.0. The van der Waals surface area contributed by atoms with Crippen molar-refractivity contribution >= 4 is 222 Å². The molecule has 9 aromatic heterocycles. The van der Waals surface area contributed by atoms with Crippen molar-refractivity contribution in [3.63, 3.8) is 0 Å². The van der Waals surface area contributed by atoms with Gasteiger partial charge in [-0.1, -0.05) is 400 Å². The summed E-state index contributed by atoms with van der Waals surface area (Å²) in [6.45, 7) is 0. The van der Waals surface area contributed by atoms with E-state index in [1.165, 1.54) is 271 Å². The first-order valence-corrected chi connectivity index (χ1v) is 52.7. The zero-order chi connectivity index (χ0) is 92.7. The quantitative estimate of drug-likeness (QED) is 0.116. The van der Waals surface area contributed by atoms with Crippen LogP contribution in [0.1, 0.15) is 0 Å². The molecule has 0 amide bonds. The Balaban J connectivity index is 0.000000104. The van der Waals surface area contributed by atoms with Crippen LogP contribution in [-0.2, 0) is 0 Å². The molecule has 0 radical (unpaired) electrons. The minimum atomic E-state index is 1.19. The molecular formula is C132H81N3S6. The molecule has 0 spiro atoms. The molecule has 0 bridgehead atoms. The van der Waals surface area contributed by atoms with Gasteiger partial charge in [0.05, 0.1) is 47.2 Å². The molecule has 0 unspecified atom stereocenters. The van der Waals surface area contributed by atoms with Gasteiger partial charge in [0.15, 0.2) is 0 Å². The van der Waals surface area contributed by atoms with Crippen LogP contribution in [0.2, 0.25) is 0 Å². The maximum absolute atomic E-state index is 2.45. The van der Waals surface area contributed by atoms with Crippen molar-refractivity contribution in [2.75, 3.05) is 0 Å². The first kappa shape index (κ1) is 82.8. The number of hydrogen-bond donors (Lipinski definition) is 0. The van der Waals surface area contributed by atoms with Gasteiger partial charge in [-0.05, 0) is 163 Å². The number of benzene rings is 21. The second-order valence-corrected chi connectivity index (χ2v) is 42.4. The van der Waals surface area contributed by atoms with Crippen LogP contribution in [0.25, 0.3) is 271 Å². The molecule has 0 aliphatic heterocycles. The van der Waals surface area contributed by atoms with Crippen molar-refractivity contribution in [3.05, 3.63) is 491 Å². The predicted octanol–water partition coefficient (Wildman–Crippen LogP) is 40.1. The monoisotopic (exact) mass is 1900 g/mol. The second kappa shape index (κ2) is 34.3. The Bertz CT molecular complexity index is 9800. The van der Waals surface area contributed by atoms with Gasteiger partial charge < -0.3 is 13.7 Å². The summed E-state index contributed by atoms with van der Waals surface area (Å²) in [7, 11) is 0. The summed E-state index contributed by atoms with van der Waals surface area (Å²) in [5, 5.41) is 15.7. The highest BCUT2D eigenvalue weighted by atomic mass is 32.1. The number of rotatable bonds is 12. The Morgan fingerprint density at radius 3 is 0.716 bits per heavy atom. The molecule has 3 nitrogen and oxygen atoms in total. The molecule has 0 atom stereocenters. The zero-order valence-corrected chi connectivity index (χ0v) is 81.0. The average molecular weight is 1900 g/mol. The van der Waals surface area contributed by atoms with Crippen molar-refractivity contribution in [1.82, 2.24) is 13.7 Å². The van der Waals surface area contributed by atoms with Gasteiger partial charge in [-0.2, -0.15) is 0 Å². The number of nitrogens with zero attached hydrogens (tertiary/aromatic N) is 3. The third kappa shape index (κ3) is 13.8. The highest BCUT2D eigenvalue weighted by Gasteiger charge is 2.28. The van der Waals surface area contributed by atoms with E-state index in [0.29, 0.717) is 0 Å². The molecule has 141 heavy (non-hydrogen) atoms. The maximum atomic E-state index is 2.45. The van der Waals surface area contributed by atoms with E-state index in [0.717, 1.165) is 0 Å². The van der Waals surface area contributed by atoms with Crippen molar-refractivity contribution < 1.29 is 0 Å². The van der Waals surface area contributed by atoms with Gasteiger partial charge >= 0.3 is 0 Å². The summed E-state index contributed by atoms with van der Waals surface area (Å²) in [5.41, 5.74) is 34.0. The molecule has 0 saturated carbocycles. The minimum Gasteiger partial charge on any atom is -0.308 e. The lowest BCUT2D eigenvalue weighted by molar-refractivity contribution is 1.19. The van der Waals surface area contributed by atoms with Crippen LogP contribution in [0.4, 0.5) is 0 Å². The SMILES string of the molecule is c1ccc(-c2ccc3c(c2)sc2cc(-c4ccccc4-c4cccc5c4sc4c6ccccc6n(-c6ccccc6)c54)ccc23)cc1.c1ccc(-c2ccc3sc4c(-c5ccccc5-c5cccc6c5sc5c7ccccc7n(-c7ccccc7)c65)cccc4c3c2)cc1.c1ccc(-c2ccc3sc4c(-c5ccccc5-c5cccc6c5sc5c7ccccc7n(-c7ccccc7)c65)cccc4c3c2)cc1. The third-order valence-corrected chi connectivity index (χ3v) is 35.6. The topological polar surface area (TPSA) is 14.8 Å². The fourth-order valence-electron chi connectivity index (χ4n) is 21.9. The van der Waals surface area contributed by atoms with Crippen molar-refractivity contribution in [2.45, 2.75) is 0 Å². The van der Waals surface area contributed by atoms with Crippen molar-refractivity contribution in [2.24, 2.45) is 0 Å². The summed E-state index contributed by atoms with van der Waals surface area (Å²) in [5.74, 6) is 0. The van der Waals surface area contributed by atoms with Gasteiger partial charge in [0, 0.05) is 152 Å². The Hall–Kier alpha value is -16.4. The van der Waals surface area contributed by atoms with E-state index in [2.05, 4.69) is 505 Å². The smallest absolute Gasteiger partial charge is 0.0727 e. The zero-order valence-electron chi connectivity index (χ0n) is 76.1. The molecule has 9 heteroatoms. The molecule has 0 aliphatic carbocycles. The lowest BCUT2D eigenvalue weighted by Gasteiger charge is -2.13. The highest BCUT2D eigenvalue weighted by molar-refractivity contribution is 7.29. The molecule has 0 N–H and O–H groups in total. The maximum Gasteiger partial charge on any atom is 0.0727 e. The van der Waals surface area contributed by atoms with Gasteiger partial charge in [-0.15, -0.1) is 68.0 Å². The Labute approximate surface area is 837 Å². The molecule has 9 heterocycles. The van der Waals surface area contributed by atoms with Crippen LogP contribution in [0.3, 0.4) is 0 Å². The largest absolute Gasteiger partial charge is 0.308 e. The van der Waals surface area contributed by atoms with Crippen LogP contribution in [-0.4, -0.2) is 13.7 Å². The van der Waals surface area contributed by atoms with E-state index in [4.69, 9.17) is 0 Å². The summed E-state index contributed by atoms with van der Waals surface area (Å²) in [4.78, 5) is 0. The lowest BCUT2D eigenvalue weighted by atomic mass is 9.93. The second-order valence-electron chi connectivity index (χ2n) is 36.2. The number of thiophene rings is 6. The summed E-state index contributed by atoms with van der Waals surface area (Å²) in [6, 6.07) is 180. The van der Waals surface area contributed by atoms with E-state index in [1.807, 2.05) is 68.0 Å². The molecule has 30 aromatic rings. The number of hydrogen-bond acceptors (Lipinski definition) is 6. The van der Waals surface area contributed by atoms with E-state index >= 15 is 0 Å².